The molecule has 1 aliphatic rings. The summed E-state index contributed by atoms with van der Waals surface area (Å²) in [6, 6.07) is 7.00. The summed E-state index contributed by atoms with van der Waals surface area (Å²) in [5, 5.41) is 27.9. The van der Waals surface area contributed by atoms with E-state index in [0.29, 0.717) is 30.5 Å². The number of allylic oxidation sites excluding steroid dienone is 3. The molecule has 0 atom stereocenters. The van der Waals surface area contributed by atoms with E-state index in [9.17, 15) is 14.4 Å². The molecule has 0 aliphatic heterocycles. The van der Waals surface area contributed by atoms with Crippen molar-refractivity contribution in [2.75, 3.05) is 26.0 Å². The third-order valence-electron chi connectivity index (χ3n) is 4.03. The van der Waals surface area contributed by atoms with Crippen LogP contribution in [0.5, 0.6) is 0 Å². The molecule has 0 aromatic heterocycles. The Hall–Kier alpha value is -3.41. The van der Waals surface area contributed by atoms with E-state index in [4.69, 9.17) is 21.4 Å². The number of amides is 2. The van der Waals surface area contributed by atoms with Crippen LogP contribution in [0.3, 0.4) is 0 Å². The third-order valence-corrected chi connectivity index (χ3v) is 5.00. The first-order chi connectivity index (χ1) is 16.4. The summed E-state index contributed by atoms with van der Waals surface area (Å²) in [6.45, 7) is 3.32. The summed E-state index contributed by atoms with van der Waals surface area (Å²) in [4.78, 5) is 31.8. The van der Waals surface area contributed by atoms with Crippen molar-refractivity contribution in [1.29, 1.82) is 5.41 Å². The zero-order chi connectivity index (χ0) is 25.8. The van der Waals surface area contributed by atoms with Gasteiger partial charge in [-0.3, -0.25) is 19.7 Å². The standard InChI is InChI=1S/C11H14N4O2.C11H15NO2S.CH4O/c12-11(13)9-3-1-8(2-4-9)5-15-10(17)6-14-7-16;1-2-12-15-8-9-4-3-5-10(7-6-9)11(13)14;1-2/h1-4,7H,5-6H2,(H3,12,13)(H,14,16)(H,15,17);4-7,12H,2-3,8H2,1H3,(H,13,14);2H,1H3. The van der Waals surface area contributed by atoms with Crippen LogP contribution in [0.2, 0.25) is 0 Å². The zero-order valence-corrected chi connectivity index (χ0v) is 20.2. The highest BCUT2D eigenvalue weighted by molar-refractivity contribution is 7.97. The van der Waals surface area contributed by atoms with Gasteiger partial charge < -0.3 is 26.6 Å². The topological polar surface area (TPSA) is 178 Å². The summed E-state index contributed by atoms with van der Waals surface area (Å²) in [5.41, 5.74) is 8.38. The Bertz CT molecular complexity index is 882. The Morgan fingerprint density at radius 3 is 2.41 bits per heavy atom. The molecule has 8 N–H and O–H groups in total. The molecule has 11 heteroatoms. The van der Waals surface area contributed by atoms with E-state index in [1.54, 1.807) is 48.4 Å². The molecule has 2 amide bonds. The molecular weight excluding hydrogens is 458 g/mol. The van der Waals surface area contributed by atoms with Crippen LogP contribution in [-0.2, 0) is 20.9 Å². The van der Waals surface area contributed by atoms with E-state index in [1.807, 2.05) is 6.08 Å². The molecule has 0 heterocycles. The SMILES string of the molecule is CCNSCC1=CCC=C(C(=O)O)C=C1.CO.N=C(N)c1ccc(CNC(=O)CNC=O)cc1. The van der Waals surface area contributed by atoms with Crippen molar-refractivity contribution in [2.45, 2.75) is 19.9 Å². The number of aliphatic carboxylic acids is 1. The van der Waals surface area contributed by atoms with Gasteiger partial charge in [0.2, 0.25) is 12.3 Å². The number of aliphatic hydroxyl groups excluding tert-OH is 1. The lowest BCUT2D eigenvalue weighted by molar-refractivity contribution is -0.132. The molecule has 1 aromatic rings. The number of hydrogen-bond donors (Lipinski definition) is 7. The molecule has 34 heavy (non-hydrogen) atoms. The fourth-order valence-electron chi connectivity index (χ4n) is 2.37. The van der Waals surface area contributed by atoms with Crippen molar-refractivity contribution in [3.05, 3.63) is 70.8 Å². The number of aliphatic hydroxyl groups is 1. The minimum atomic E-state index is -0.861. The fraction of sp³-hybridized carbons (Fsp3) is 0.304. The van der Waals surface area contributed by atoms with Gasteiger partial charge in [-0.05, 0) is 23.6 Å². The third kappa shape index (κ3) is 13.9. The van der Waals surface area contributed by atoms with Crippen LogP contribution in [0.25, 0.3) is 0 Å². The van der Waals surface area contributed by atoms with Crippen molar-refractivity contribution in [3.63, 3.8) is 0 Å². The molecule has 0 radical (unpaired) electrons. The Kier molecular flexibility index (Phi) is 17.2. The normalized spacial score (nSPS) is 11.7. The maximum atomic E-state index is 11.2. The minimum Gasteiger partial charge on any atom is -0.478 e. The molecule has 1 aliphatic carbocycles. The van der Waals surface area contributed by atoms with Gasteiger partial charge in [-0.1, -0.05) is 61.4 Å². The van der Waals surface area contributed by atoms with Crippen LogP contribution in [0.1, 0.15) is 24.5 Å². The van der Waals surface area contributed by atoms with E-state index in [0.717, 1.165) is 30.5 Å². The largest absolute Gasteiger partial charge is 0.478 e. The second-order valence-corrected chi connectivity index (χ2v) is 7.35. The van der Waals surface area contributed by atoms with E-state index in [-0.39, 0.29) is 18.3 Å². The van der Waals surface area contributed by atoms with Gasteiger partial charge in [-0.15, -0.1) is 0 Å². The molecule has 0 saturated carbocycles. The summed E-state index contributed by atoms with van der Waals surface area (Å²) >= 11 is 1.64. The number of carbonyl (C=O) groups is 3. The van der Waals surface area contributed by atoms with Crippen LogP contribution < -0.4 is 21.1 Å². The number of carbonyl (C=O) groups excluding carboxylic acids is 2. The number of amidine groups is 1. The molecule has 0 unspecified atom stereocenters. The quantitative estimate of drug-likeness (QED) is 0.0790. The number of nitrogen functional groups attached to an aromatic ring is 1. The number of rotatable bonds is 11. The van der Waals surface area contributed by atoms with Crippen LogP contribution in [0.4, 0.5) is 0 Å². The molecule has 10 nitrogen and oxygen atoms in total. The lowest BCUT2D eigenvalue weighted by Gasteiger charge is -2.05. The highest BCUT2D eigenvalue weighted by atomic mass is 32.2. The smallest absolute Gasteiger partial charge is 0.335 e. The van der Waals surface area contributed by atoms with Crippen LogP contribution in [0, 0.1) is 5.41 Å². The summed E-state index contributed by atoms with van der Waals surface area (Å²) < 4.78 is 3.16. The lowest BCUT2D eigenvalue weighted by Crippen LogP contribution is -2.32. The second kappa shape index (κ2) is 19.1. The molecule has 2 rings (SSSR count). The van der Waals surface area contributed by atoms with Crippen molar-refractivity contribution in [3.8, 4) is 0 Å². The van der Waals surface area contributed by atoms with Gasteiger partial charge in [-0.2, -0.15) is 0 Å². The van der Waals surface area contributed by atoms with E-state index < -0.39 is 5.97 Å². The fourth-order valence-corrected chi connectivity index (χ4v) is 3.06. The monoisotopic (exact) mass is 491 g/mol. The Morgan fingerprint density at radius 1 is 1.18 bits per heavy atom. The Morgan fingerprint density at radius 2 is 1.85 bits per heavy atom. The summed E-state index contributed by atoms with van der Waals surface area (Å²) in [5.74, 6) is -0.241. The van der Waals surface area contributed by atoms with Gasteiger partial charge >= 0.3 is 5.97 Å². The van der Waals surface area contributed by atoms with Crippen molar-refractivity contribution in [2.24, 2.45) is 5.73 Å². The summed E-state index contributed by atoms with van der Waals surface area (Å²) in [6.07, 6.45) is 8.48. The number of nitrogens with two attached hydrogens (primary N) is 1. The Labute approximate surface area is 204 Å². The highest BCUT2D eigenvalue weighted by Crippen LogP contribution is 2.14. The number of carboxylic acid groups (broad SMARTS) is 1. The van der Waals surface area contributed by atoms with Gasteiger partial charge in [-0.25, -0.2) is 4.79 Å². The number of carboxylic acids is 1. The molecule has 186 valence electrons. The predicted molar refractivity (Wildman–Crippen MR) is 135 cm³/mol. The molecule has 0 bridgehead atoms. The van der Waals surface area contributed by atoms with Crippen LogP contribution in [-0.4, -0.2) is 60.3 Å². The zero-order valence-electron chi connectivity index (χ0n) is 19.3. The maximum Gasteiger partial charge on any atom is 0.335 e. The van der Waals surface area contributed by atoms with Crippen LogP contribution in [0.15, 0.2) is 59.7 Å². The first kappa shape index (κ1) is 30.6. The molecule has 0 saturated heterocycles. The molecule has 0 fully saturated rings. The van der Waals surface area contributed by atoms with Gasteiger partial charge in [0.05, 0.1) is 12.1 Å². The molecule has 1 aromatic carbocycles. The van der Waals surface area contributed by atoms with E-state index in [1.165, 1.54) is 0 Å². The van der Waals surface area contributed by atoms with Crippen molar-refractivity contribution in [1.82, 2.24) is 15.4 Å². The highest BCUT2D eigenvalue weighted by Gasteiger charge is 2.05. The van der Waals surface area contributed by atoms with E-state index in [2.05, 4.69) is 28.4 Å². The first-order valence-electron chi connectivity index (χ1n) is 10.3. The van der Waals surface area contributed by atoms with Crippen molar-refractivity contribution >= 4 is 36.1 Å². The average Bonchev–Trinajstić information content (AvgIpc) is 3.09. The maximum absolute atomic E-state index is 11.2. The lowest BCUT2D eigenvalue weighted by atomic mass is 10.1. The Balaban J connectivity index is 0.000000601. The van der Waals surface area contributed by atoms with E-state index >= 15 is 0 Å². The predicted octanol–water partition coefficient (Wildman–Crippen LogP) is 1.08. The van der Waals surface area contributed by atoms with Gasteiger partial charge in [0.15, 0.2) is 0 Å². The average molecular weight is 492 g/mol. The number of benzene rings is 1. The first-order valence-corrected chi connectivity index (χ1v) is 11.3. The molecular formula is C23H33N5O5S. The molecule has 0 spiro atoms. The van der Waals surface area contributed by atoms with Crippen LogP contribution >= 0.6 is 11.9 Å². The summed E-state index contributed by atoms with van der Waals surface area (Å²) in [7, 11) is 1.00. The minimum absolute atomic E-state index is 0.00997. The second-order valence-electron chi connectivity index (χ2n) is 6.49. The number of hydrogen-bond acceptors (Lipinski definition) is 7. The van der Waals surface area contributed by atoms with Gasteiger partial charge in [0.25, 0.3) is 0 Å². The van der Waals surface area contributed by atoms with Crippen molar-refractivity contribution < 1.29 is 24.6 Å². The number of nitrogens with one attached hydrogen (secondary N) is 4. The van der Waals surface area contributed by atoms with Gasteiger partial charge in [0.1, 0.15) is 5.84 Å². The van der Waals surface area contributed by atoms with Gasteiger partial charge in [0, 0.05) is 31.5 Å².